The Balaban J connectivity index is 0.000000335. The van der Waals surface area contributed by atoms with Gasteiger partial charge in [-0.2, -0.15) is 0 Å². The van der Waals surface area contributed by atoms with Crippen LogP contribution >= 0.6 is 11.8 Å². The standard InChI is InChI=1S/C43H29BN2Se.C42H26BNOS.14C2H6/c1-45-37-24-10-8-22-35(37)44-36-23-9-11-25-39(36)47-40-27-30(26-38(45)41(40)44)46-42-31(28-14-4-2-5-15-28)18-12-20-33(42)34-21-13-19-32(43(34)46)29-16-6-3-7-17-29;1-3-13-27(14-4-1)30-17-11-19-32-33-20-12-18-31(28-15-5-2-6-16-28)42(33)44(41(30)32)29-25-37-40-39(26-29)46-38-24-10-8-22-35(38)43(40)34-21-7-9-23-36(34)45-37;14*1-2/h2-27H,1H3;1-26H;14*1-2H3. The Morgan fingerprint density at radius 3 is 0.992 bits per heavy atom. The van der Waals surface area contributed by atoms with E-state index >= 15 is 0 Å². The van der Waals surface area contributed by atoms with Crippen LogP contribution in [0.1, 0.15) is 194 Å². The van der Waals surface area contributed by atoms with Crippen LogP contribution in [-0.2, 0) is 0 Å². The molecular weight excluding hydrogens is 1550 g/mol. The average Bonchev–Trinajstić information content (AvgIpc) is 1.46. The van der Waals surface area contributed by atoms with E-state index in [2.05, 4.69) is 337 Å². The topological polar surface area (TPSA) is 22.3 Å². The predicted octanol–water partition coefficient (Wildman–Crippen LogP) is 30.3. The molecule has 0 saturated heterocycles. The van der Waals surface area contributed by atoms with Crippen molar-refractivity contribution in [3.63, 3.8) is 0 Å². The van der Waals surface area contributed by atoms with E-state index in [4.69, 9.17) is 4.74 Å². The molecule has 0 atom stereocenters. The van der Waals surface area contributed by atoms with Gasteiger partial charge in [-0.05, 0) is 40.3 Å². The number of hydrogen-bond acceptors (Lipinski definition) is 3. The zero-order chi connectivity index (χ0) is 89.3. The number of fused-ring (bicyclic) bond motifs is 14. The van der Waals surface area contributed by atoms with Crippen molar-refractivity contribution in [3.8, 4) is 67.4 Å². The number of benzene rings is 14. The van der Waals surface area contributed by atoms with Gasteiger partial charge in [-0.1, -0.05) is 345 Å². The number of rotatable bonds is 6. The fourth-order valence-electron chi connectivity index (χ4n) is 15.6. The van der Waals surface area contributed by atoms with Crippen LogP contribution in [0.25, 0.3) is 99.5 Å². The van der Waals surface area contributed by atoms with Crippen LogP contribution in [0.4, 0.5) is 11.4 Å². The van der Waals surface area contributed by atoms with Crippen LogP contribution in [0.5, 0.6) is 11.5 Å². The van der Waals surface area contributed by atoms with Crippen molar-refractivity contribution in [2.75, 3.05) is 11.9 Å². The summed E-state index contributed by atoms with van der Waals surface area (Å²) in [5, 5.41) is 5.03. The third-order valence-electron chi connectivity index (χ3n) is 19.6. The smallest absolute Gasteiger partial charge is 0.253 e. The molecule has 6 heterocycles. The maximum Gasteiger partial charge on any atom is 0.253 e. The summed E-state index contributed by atoms with van der Waals surface area (Å²) in [4.78, 5) is 4.98. The van der Waals surface area contributed by atoms with E-state index in [9.17, 15) is 0 Å². The minimum atomic E-state index is 0.138. The molecular formula is C113H139B2N3OSSe. The van der Waals surface area contributed by atoms with Crippen molar-refractivity contribution in [3.05, 3.63) is 315 Å². The first-order chi connectivity index (χ1) is 60.1. The van der Waals surface area contributed by atoms with Gasteiger partial charge in [-0.3, -0.25) is 0 Å². The van der Waals surface area contributed by atoms with Gasteiger partial charge in [0, 0.05) is 37.8 Å². The van der Waals surface area contributed by atoms with Crippen molar-refractivity contribution >= 4 is 137 Å². The molecule has 0 saturated carbocycles. The molecule has 0 aliphatic carbocycles. The van der Waals surface area contributed by atoms with Crippen LogP contribution < -0.4 is 51.3 Å². The molecule has 2 aromatic heterocycles. The second-order valence-corrected chi connectivity index (χ2v) is 27.9. The number of para-hydroxylation sites is 6. The fraction of sp³-hybridized carbons (Fsp3) is 0.257. The van der Waals surface area contributed by atoms with Crippen molar-refractivity contribution < 1.29 is 4.74 Å². The molecule has 14 aromatic carbocycles. The predicted molar refractivity (Wildman–Crippen MR) is 555 cm³/mol. The average molecular weight is 1690 g/mol. The molecule has 630 valence electrons. The second-order valence-electron chi connectivity index (χ2n) is 24.6. The summed E-state index contributed by atoms with van der Waals surface area (Å²) in [6, 6.07) is 115. The Kier molecular flexibility index (Phi) is 44.3. The maximum atomic E-state index is 6.81. The third kappa shape index (κ3) is 20.9. The molecule has 0 bridgehead atoms. The van der Waals surface area contributed by atoms with E-state index in [0.29, 0.717) is 0 Å². The van der Waals surface area contributed by atoms with E-state index in [-0.39, 0.29) is 28.4 Å². The second kappa shape index (κ2) is 53.1. The first-order valence-corrected chi connectivity index (χ1v) is 48.5. The van der Waals surface area contributed by atoms with Gasteiger partial charge < -0.3 is 9.30 Å². The van der Waals surface area contributed by atoms with Gasteiger partial charge in [0.15, 0.2) is 0 Å². The first kappa shape index (κ1) is 101. The molecule has 0 amide bonds. The van der Waals surface area contributed by atoms with Crippen LogP contribution in [0.2, 0.25) is 0 Å². The Labute approximate surface area is 743 Å². The summed E-state index contributed by atoms with van der Waals surface area (Å²) < 4.78 is 14.8. The molecule has 0 unspecified atom stereocenters. The molecule has 0 spiro atoms. The van der Waals surface area contributed by atoms with Gasteiger partial charge in [-0.25, -0.2) is 0 Å². The van der Waals surface area contributed by atoms with Gasteiger partial charge in [0.2, 0.25) is 0 Å². The van der Waals surface area contributed by atoms with Crippen molar-refractivity contribution in [2.24, 2.45) is 0 Å². The van der Waals surface area contributed by atoms with Crippen LogP contribution in [0.15, 0.2) is 325 Å². The Morgan fingerprint density at radius 1 is 0.248 bits per heavy atom. The normalized spacial score (nSPS) is 10.6. The molecule has 4 nitrogen and oxygen atoms in total. The summed E-state index contributed by atoms with van der Waals surface area (Å²) in [5.74, 6) is 1.87. The molecule has 0 N–H and O–H groups in total. The number of hydrogen-bond donors (Lipinski definition) is 0. The van der Waals surface area contributed by atoms with Crippen molar-refractivity contribution in [1.82, 2.24) is 9.13 Å². The Hall–Kier alpha value is -10.7. The summed E-state index contributed by atoms with van der Waals surface area (Å²) in [7, 11) is 2.25. The summed E-state index contributed by atoms with van der Waals surface area (Å²) >= 11 is 2.04. The number of ether oxygens (including phenoxy) is 1. The largest absolute Gasteiger partial charge is 0.458 e. The first-order valence-electron chi connectivity index (χ1n) is 45.9. The minimum absolute atomic E-state index is 0.138. The molecule has 0 radical (unpaired) electrons. The van der Waals surface area contributed by atoms with E-state index in [1.165, 1.54) is 157 Å². The Morgan fingerprint density at radius 2 is 0.579 bits per heavy atom. The van der Waals surface area contributed by atoms with Crippen molar-refractivity contribution in [1.29, 1.82) is 0 Å². The van der Waals surface area contributed by atoms with E-state index in [1.54, 1.807) is 0 Å². The van der Waals surface area contributed by atoms with Crippen LogP contribution in [0.3, 0.4) is 0 Å². The van der Waals surface area contributed by atoms with Gasteiger partial charge in [0.05, 0.1) is 16.7 Å². The summed E-state index contributed by atoms with van der Waals surface area (Å²) in [6.45, 7) is 56.4. The number of aromatic nitrogens is 2. The quantitative estimate of drug-likeness (QED) is 0.155. The number of anilines is 2. The van der Waals surface area contributed by atoms with Gasteiger partial charge in [-0.15, -0.1) is 0 Å². The van der Waals surface area contributed by atoms with Gasteiger partial charge in [0.1, 0.15) is 11.5 Å². The van der Waals surface area contributed by atoms with E-state index in [0.717, 1.165) is 17.2 Å². The minimum Gasteiger partial charge on any atom is -0.458 e. The SMILES string of the molecule is CC.CC.CC.CC.CC.CC.CC.CC.CC.CC.CC.CC.CC.CC.CN1c2ccccc2B2c3ccccc3[Se]c3cc(-n4c5c(-c6ccccc6)cccc5c5cccc(-c6ccccc6)c54)cc1c32.c1ccc(-c2cccc3c4cccc(-c5ccccc5)c4n(-c4cc5c6c(c4)Sc4ccccc4B6c4ccccc4O5)c23)cc1. The monoisotopic (exact) mass is 1690 g/mol. The maximum absolute atomic E-state index is 6.81. The number of nitrogens with zero attached hydrogens (tertiary/aromatic N) is 3. The molecule has 16 aromatic rings. The molecule has 0 fully saturated rings. The third-order valence-corrected chi connectivity index (χ3v) is 23.1. The zero-order valence-electron chi connectivity index (χ0n) is 78.7. The van der Waals surface area contributed by atoms with Crippen LogP contribution in [-0.4, -0.2) is 44.6 Å². The Bertz CT molecular complexity index is 5450. The molecule has 4 aliphatic rings. The molecule has 20 rings (SSSR count). The fourth-order valence-corrected chi connectivity index (χ4v) is 19.3. The van der Waals surface area contributed by atoms with Crippen LogP contribution in [0, 0.1) is 0 Å². The van der Waals surface area contributed by atoms with E-state index < -0.39 is 0 Å². The van der Waals surface area contributed by atoms with Gasteiger partial charge >= 0.3 is 282 Å². The van der Waals surface area contributed by atoms with Gasteiger partial charge in [0.25, 0.3) is 6.71 Å². The zero-order valence-corrected chi connectivity index (χ0v) is 81.3. The summed E-state index contributed by atoms with van der Waals surface area (Å²) in [5.41, 5.74) is 27.8. The van der Waals surface area contributed by atoms with Crippen molar-refractivity contribution in [2.45, 2.75) is 204 Å². The summed E-state index contributed by atoms with van der Waals surface area (Å²) in [6.07, 6.45) is 0. The van der Waals surface area contributed by atoms with E-state index in [1.807, 2.05) is 206 Å². The molecule has 4 aliphatic heterocycles. The molecule has 8 heteroatoms. The molecule has 121 heavy (non-hydrogen) atoms.